The van der Waals surface area contributed by atoms with Crippen molar-refractivity contribution in [2.24, 2.45) is 0 Å². The highest BCUT2D eigenvalue weighted by Crippen LogP contribution is 2.18. The van der Waals surface area contributed by atoms with Crippen LogP contribution in [-0.4, -0.2) is 21.8 Å². The molecular weight excluding hydrogens is 342 g/mol. The number of hydrogen-bond donors (Lipinski definition) is 3. The van der Waals surface area contributed by atoms with Gasteiger partial charge in [0.05, 0.1) is 0 Å². The molecule has 0 spiro atoms. The van der Waals surface area contributed by atoms with Crippen LogP contribution in [0.25, 0.3) is 0 Å². The number of rotatable bonds is 5. The topological polar surface area (TPSA) is 96.0 Å². The second-order valence-corrected chi connectivity index (χ2v) is 6.00. The van der Waals surface area contributed by atoms with E-state index in [-0.39, 0.29) is 17.5 Å². The zero-order valence-corrected chi connectivity index (χ0v) is 15.0. The van der Waals surface area contributed by atoms with E-state index in [2.05, 4.69) is 25.9 Å². The molecule has 0 radical (unpaired) electrons. The fourth-order valence-corrected chi connectivity index (χ4v) is 2.41. The lowest BCUT2D eigenvalue weighted by Gasteiger charge is -2.09. The first-order chi connectivity index (χ1) is 13.0. The van der Waals surface area contributed by atoms with Gasteiger partial charge in [0.25, 0.3) is 5.91 Å². The molecule has 136 valence electrons. The highest BCUT2D eigenvalue weighted by atomic mass is 16.2. The molecule has 7 heteroatoms. The Morgan fingerprint density at radius 3 is 2.26 bits per heavy atom. The number of nitrogens with one attached hydrogen (secondary N) is 3. The SMILES string of the molecule is CC(=O)Nc1cccc(NC(=O)c2cc(Nc3ccc(C)cc3)ncn2)c1. The van der Waals surface area contributed by atoms with Gasteiger partial charge in [0.2, 0.25) is 5.91 Å². The number of aromatic nitrogens is 2. The number of aryl methyl sites for hydroxylation is 1. The van der Waals surface area contributed by atoms with Crippen LogP contribution in [0.1, 0.15) is 23.0 Å². The molecule has 7 nitrogen and oxygen atoms in total. The molecule has 0 aliphatic carbocycles. The zero-order chi connectivity index (χ0) is 19.2. The van der Waals surface area contributed by atoms with E-state index in [4.69, 9.17) is 0 Å². The van der Waals surface area contributed by atoms with Crippen LogP contribution < -0.4 is 16.0 Å². The number of carbonyl (C=O) groups excluding carboxylic acids is 2. The lowest BCUT2D eigenvalue weighted by Crippen LogP contribution is -2.14. The van der Waals surface area contributed by atoms with Crippen LogP contribution in [-0.2, 0) is 4.79 Å². The Hall–Kier alpha value is -3.74. The van der Waals surface area contributed by atoms with E-state index in [1.165, 1.54) is 13.3 Å². The molecule has 0 aliphatic heterocycles. The van der Waals surface area contributed by atoms with E-state index in [9.17, 15) is 9.59 Å². The monoisotopic (exact) mass is 361 g/mol. The average molecular weight is 361 g/mol. The van der Waals surface area contributed by atoms with Crippen LogP contribution in [0, 0.1) is 6.92 Å². The molecule has 1 heterocycles. The van der Waals surface area contributed by atoms with E-state index in [1.54, 1.807) is 30.3 Å². The van der Waals surface area contributed by atoms with Crippen LogP contribution in [0.15, 0.2) is 60.9 Å². The van der Waals surface area contributed by atoms with Gasteiger partial charge in [0, 0.05) is 30.1 Å². The second-order valence-electron chi connectivity index (χ2n) is 6.00. The molecule has 1 aromatic heterocycles. The minimum absolute atomic E-state index is 0.180. The predicted octanol–water partition coefficient (Wildman–Crippen LogP) is 3.74. The largest absolute Gasteiger partial charge is 0.340 e. The van der Waals surface area contributed by atoms with Gasteiger partial charge in [0.15, 0.2) is 0 Å². The quantitative estimate of drug-likeness (QED) is 0.643. The Morgan fingerprint density at radius 1 is 0.852 bits per heavy atom. The standard InChI is InChI=1S/C20H19N5O2/c1-13-6-8-15(9-7-13)24-19-11-18(21-12-22-19)20(27)25-17-5-3-4-16(10-17)23-14(2)26/h3-12H,1-2H3,(H,23,26)(H,25,27)(H,21,22,24). The summed E-state index contributed by atoms with van der Waals surface area (Å²) in [5.41, 5.74) is 3.41. The number of nitrogens with zero attached hydrogens (tertiary/aromatic N) is 2. The van der Waals surface area contributed by atoms with E-state index in [1.807, 2.05) is 31.2 Å². The summed E-state index contributed by atoms with van der Waals surface area (Å²) in [7, 11) is 0. The van der Waals surface area contributed by atoms with Crippen molar-refractivity contribution in [3.05, 3.63) is 72.2 Å². The molecule has 3 aromatic rings. The molecule has 0 aliphatic rings. The molecule has 3 N–H and O–H groups in total. The maximum Gasteiger partial charge on any atom is 0.274 e. The first-order valence-corrected chi connectivity index (χ1v) is 8.34. The molecule has 2 amide bonds. The highest BCUT2D eigenvalue weighted by Gasteiger charge is 2.10. The summed E-state index contributed by atoms with van der Waals surface area (Å²) in [6, 6.07) is 16.3. The summed E-state index contributed by atoms with van der Waals surface area (Å²) in [4.78, 5) is 31.8. The maximum atomic E-state index is 12.5. The summed E-state index contributed by atoms with van der Waals surface area (Å²) in [6.07, 6.45) is 1.33. The van der Waals surface area contributed by atoms with Crippen molar-refractivity contribution in [3.8, 4) is 0 Å². The van der Waals surface area contributed by atoms with E-state index < -0.39 is 0 Å². The number of hydrogen-bond acceptors (Lipinski definition) is 5. The smallest absolute Gasteiger partial charge is 0.274 e. The van der Waals surface area contributed by atoms with E-state index in [0.29, 0.717) is 17.2 Å². The fraction of sp³-hybridized carbons (Fsp3) is 0.100. The fourth-order valence-electron chi connectivity index (χ4n) is 2.41. The molecule has 0 atom stereocenters. The van der Waals surface area contributed by atoms with Crippen molar-refractivity contribution >= 4 is 34.7 Å². The first kappa shape index (κ1) is 18.1. The number of anilines is 4. The number of benzene rings is 2. The Kier molecular flexibility index (Phi) is 5.41. The minimum Gasteiger partial charge on any atom is -0.340 e. The third kappa shape index (κ3) is 5.12. The van der Waals surface area contributed by atoms with Gasteiger partial charge in [-0.25, -0.2) is 9.97 Å². The Morgan fingerprint density at radius 2 is 1.56 bits per heavy atom. The number of amides is 2. The Bertz CT molecular complexity index is 970. The molecule has 0 saturated heterocycles. The van der Waals surface area contributed by atoms with Crippen molar-refractivity contribution in [2.45, 2.75) is 13.8 Å². The van der Waals surface area contributed by atoms with Crippen molar-refractivity contribution in [2.75, 3.05) is 16.0 Å². The lowest BCUT2D eigenvalue weighted by atomic mass is 10.2. The van der Waals surface area contributed by atoms with Crippen molar-refractivity contribution in [1.29, 1.82) is 0 Å². The molecule has 3 rings (SSSR count). The van der Waals surface area contributed by atoms with Crippen LogP contribution in [0.5, 0.6) is 0 Å². The third-order valence-electron chi connectivity index (χ3n) is 3.66. The summed E-state index contributed by atoms with van der Waals surface area (Å²) >= 11 is 0. The Balaban J connectivity index is 1.71. The summed E-state index contributed by atoms with van der Waals surface area (Å²) in [5, 5.41) is 8.58. The van der Waals surface area contributed by atoms with Crippen LogP contribution in [0.3, 0.4) is 0 Å². The average Bonchev–Trinajstić information content (AvgIpc) is 2.64. The van der Waals surface area contributed by atoms with Gasteiger partial charge < -0.3 is 16.0 Å². The molecule has 0 fully saturated rings. The molecular formula is C20H19N5O2. The normalized spacial score (nSPS) is 10.1. The molecule has 0 bridgehead atoms. The lowest BCUT2D eigenvalue weighted by molar-refractivity contribution is -0.114. The molecule has 0 unspecified atom stereocenters. The third-order valence-corrected chi connectivity index (χ3v) is 3.66. The van der Waals surface area contributed by atoms with Gasteiger partial charge in [-0.3, -0.25) is 9.59 Å². The number of carbonyl (C=O) groups is 2. The van der Waals surface area contributed by atoms with Crippen LogP contribution >= 0.6 is 0 Å². The molecule has 2 aromatic carbocycles. The summed E-state index contributed by atoms with van der Waals surface area (Å²) < 4.78 is 0. The van der Waals surface area contributed by atoms with Gasteiger partial charge in [-0.15, -0.1) is 0 Å². The van der Waals surface area contributed by atoms with E-state index >= 15 is 0 Å². The van der Waals surface area contributed by atoms with Gasteiger partial charge >= 0.3 is 0 Å². The van der Waals surface area contributed by atoms with Gasteiger partial charge in [-0.1, -0.05) is 23.8 Å². The van der Waals surface area contributed by atoms with E-state index in [0.717, 1.165) is 11.3 Å². The Labute approximate surface area is 156 Å². The highest BCUT2D eigenvalue weighted by molar-refractivity contribution is 6.03. The minimum atomic E-state index is -0.371. The molecule has 0 saturated carbocycles. The molecule has 27 heavy (non-hydrogen) atoms. The van der Waals surface area contributed by atoms with Crippen molar-refractivity contribution < 1.29 is 9.59 Å². The first-order valence-electron chi connectivity index (χ1n) is 8.34. The van der Waals surface area contributed by atoms with Gasteiger partial charge in [-0.2, -0.15) is 0 Å². The maximum absolute atomic E-state index is 12.5. The van der Waals surface area contributed by atoms with Gasteiger partial charge in [-0.05, 0) is 37.3 Å². The van der Waals surface area contributed by atoms with Crippen molar-refractivity contribution in [3.63, 3.8) is 0 Å². The zero-order valence-electron chi connectivity index (χ0n) is 15.0. The summed E-state index contributed by atoms with van der Waals surface area (Å²) in [5.74, 6) is -0.0311. The van der Waals surface area contributed by atoms with Crippen LogP contribution in [0.2, 0.25) is 0 Å². The van der Waals surface area contributed by atoms with Crippen LogP contribution in [0.4, 0.5) is 22.9 Å². The van der Waals surface area contributed by atoms with Crippen molar-refractivity contribution in [1.82, 2.24) is 9.97 Å². The predicted molar refractivity (Wildman–Crippen MR) is 105 cm³/mol. The summed E-state index contributed by atoms with van der Waals surface area (Å²) in [6.45, 7) is 3.44. The second kappa shape index (κ2) is 8.09. The van der Waals surface area contributed by atoms with Gasteiger partial charge in [0.1, 0.15) is 17.8 Å².